The summed E-state index contributed by atoms with van der Waals surface area (Å²) >= 11 is 1.70. The number of carbonyl (C=O) groups is 1. The number of imidazole rings is 1. The lowest BCUT2D eigenvalue weighted by atomic mass is 10.1. The van der Waals surface area contributed by atoms with Gasteiger partial charge < -0.3 is 20.4 Å². The van der Waals surface area contributed by atoms with Gasteiger partial charge in [0.05, 0.1) is 19.1 Å². The minimum Gasteiger partial charge on any atom is -0.497 e. The second kappa shape index (κ2) is 7.52. The number of hydrogen-bond acceptors (Lipinski definition) is 5. The molecule has 1 aliphatic rings. The molecule has 0 aliphatic carbocycles. The number of H-pyrrole nitrogens is 1. The minimum absolute atomic E-state index is 0.0200. The van der Waals surface area contributed by atoms with Gasteiger partial charge in [0.15, 0.2) is 0 Å². The molecule has 6 nitrogen and oxygen atoms in total. The van der Waals surface area contributed by atoms with E-state index in [1.807, 2.05) is 24.3 Å². The topological polar surface area (TPSA) is 79.0 Å². The molecular weight excluding hydrogens is 312 g/mol. The number of carbonyl (C=O) groups excluding carboxylic acids is 1. The van der Waals surface area contributed by atoms with Crippen molar-refractivity contribution in [3.63, 3.8) is 0 Å². The standard InChI is InChI=1S/C16H20N4O2S/c1-22-11-2-4-12(5-3-11)23-9-8-18-16(21)15-14-13(6-7-17-15)19-10-20-14/h2-5,10,15,17H,6-9H2,1H3,(H,18,21)(H,19,20)/t15-/m0/s1. The van der Waals surface area contributed by atoms with Crippen molar-refractivity contribution in [1.29, 1.82) is 0 Å². The highest BCUT2D eigenvalue weighted by Crippen LogP contribution is 2.21. The van der Waals surface area contributed by atoms with Crippen LogP contribution in [0.1, 0.15) is 17.4 Å². The first-order chi connectivity index (χ1) is 11.3. The van der Waals surface area contributed by atoms with Crippen LogP contribution < -0.4 is 15.4 Å². The maximum Gasteiger partial charge on any atom is 0.243 e. The number of fused-ring (bicyclic) bond motifs is 1. The van der Waals surface area contributed by atoms with Gasteiger partial charge in [-0.3, -0.25) is 4.79 Å². The van der Waals surface area contributed by atoms with Crippen molar-refractivity contribution in [2.45, 2.75) is 17.4 Å². The van der Waals surface area contributed by atoms with Crippen LogP contribution in [0.15, 0.2) is 35.5 Å². The van der Waals surface area contributed by atoms with Gasteiger partial charge in [-0.05, 0) is 24.3 Å². The van der Waals surface area contributed by atoms with E-state index >= 15 is 0 Å². The average molecular weight is 332 g/mol. The van der Waals surface area contributed by atoms with Crippen LogP contribution >= 0.6 is 11.8 Å². The SMILES string of the molecule is COc1ccc(SCCNC(=O)[C@H]2NCCc3[nH]cnc32)cc1. The van der Waals surface area contributed by atoms with Crippen molar-refractivity contribution >= 4 is 17.7 Å². The number of ether oxygens (including phenoxy) is 1. The van der Waals surface area contributed by atoms with Crippen molar-refractivity contribution in [2.75, 3.05) is 26.0 Å². The summed E-state index contributed by atoms with van der Waals surface area (Å²) in [5, 5.41) is 6.19. The summed E-state index contributed by atoms with van der Waals surface area (Å²) in [5.41, 5.74) is 1.87. The lowest BCUT2D eigenvalue weighted by Gasteiger charge is -2.22. The number of nitrogens with one attached hydrogen (secondary N) is 3. The summed E-state index contributed by atoms with van der Waals surface area (Å²) < 4.78 is 5.13. The number of hydrogen-bond donors (Lipinski definition) is 3. The summed E-state index contributed by atoms with van der Waals surface area (Å²) in [5.74, 6) is 1.65. The van der Waals surface area contributed by atoms with Crippen LogP contribution in [0.4, 0.5) is 0 Å². The van der Waals surface area contributed by atoms with E-state index < -0.39 is 0 Å². The van der Waals surface area contributed by atoms with Crippen molar-refractivity contribution in [1.82, 2.24) is 20.6 Å². The Labute approximate surface area is 139 Å². The third-order valence-corrected chi connectivity index (χ3v) is 4.75. The highest BCUT2D eigenvalue weighted by atomic mass is 32.2. The van der Waals surface area contributed by atoms with E-state index in [0.717, 1.165) is 40.8 Å². The maximum atomic E-state index is 12.3. The molecule has 0 unspecified atom stereocenters. The van der Waals surface area contributed by atoms with Gasteiger partial charge in [0.25, 0.3) is 0 Å². The van der Waals surface area contributed by atoms with Gasteiger partial charge in [-0.1, -0.05) is 0 Å². The molecule has 23 heavy (non-hydrogen) atoms. The highest BCUT2D eigenvalue weighted by Gasteiger charge is 2.27. The van der Waals surface area contributed by atoms with Crippen molar-refractivity contribution in [3.8, 4) is 5.75 Å². The fourth-order valence-corrected chi connectivity index (χ4v) is 3.32. The van der Waals surface area contributed by atoms with Crippen molar-refractivity contribution < 1.29 is 9.53 Å². The number of aromatic nitrogens is 2. The number of thioether (sulfide) groups is 1. The maximum absolute atomic E-state index is 12.3. The van der Waals surface area contributed by atoms with Gasteiger partial charge in [0, 0.05) is 35.9 Å². The van der Waals surface area contributed by atoms with Crippen molar-refractivity contribution in [3.05, 3.63) is 42.0 Å². The van der Waals surface area contributed by atoms with E-state index in [1.54, 1.807) is 25.2 Å². The number of benzene rings is 1. The fraction of sp³-hybridized carbons (Fsp3) is 0.375. The van der Waals surface area contributed by atoms with E-state index in [9.17, 15) is 4.79 Å². The molecule has 0 saturated heterocycles. The molecule has 122 valence electrons. The molecule has 1 atom stereocenters. The average Bonchev–Trinajstić information content (AvgIpc) is 3.07. The summed E-state index contributed by atoms with van der Waals surface area (Å²) in [6.45, 7) is 1.40. The Morgan fingerprint density at radius 2 is 2.26 bits per heavy atom. The van der Waals surface area contributed by atoms with E-state index in [0.29, 0.717) is 6.54 Å². The van der Waals surface area contributed by atoms with Crippen LogP contribution in [0.3, 0.4) is 0 Å². The molecular formula is C16H20N4O2S. The zero-order valence-corrected chi connectivity index (χ0v) is 13.8. The van der Waals surface area contributed by atoms with Crippen LogP contribution in [0.2, 0.25) is 0 Å². The summed E-state index contributed by atoms with van der Waals surface area (Å²) in [4.78, 5) is 20.8. The molecule has 0 radical (unpaired) electrons. The first-order valence-electron chi connectivity index (χ1n) is 7.58. The molecule has 1 aromatic carbocycles. The lowest BCUT2D eigenvalue weighted by molar-refractivity contribution is -0.123. The number of methoxy groups -OCH3 is 1. The molecule has 0 bridgehead atoms. The molecule has 1 aliphatic heterocycles. The third kappa shape index (κ3) is 3.86. The Balaban J connectivity index is 1.45. The van der Waals surface area contributed by atoms with Gasteiger partial charge in [0.2, 0.25) is 5.91 Å². The van der Waals surface area contributed by atoms with Crippen LogP contribution in [-0.2, 0) is 11.2 Å². The second-order valence-electron chi connectivity index (χ2n) is 5.22. The predicted molar refractivity (Wildman–Crippen MR) is 89.8 cm³/mol. The molecule has 1 amide bonds. The molecule has 0 fully saturated rings. The molecule has 3 N–H and O–H groups in total. The van der Waals surface area contributed by atoms with Crippen molar-refractivity contribution in [2.24, 2.45) is 0 Å². The molecule has 2 heterocycles. The summed E-state index contributed by atoms with van der Waals surface area (Å²) in [6, 6.07) is 7.56. The lowest BCUT2D eigenvalue weighted by Crippen LogP contribution is -2.42. The quantitative estimate of drug-likeness (QED) is 0.552. The fourth-order valence-electron chi connectivity index (χ4n) is 2.55. The van der Waals surface area contributed by atoms with E-state index in [-0.39, 0.29) is 11.9 Å². The number of amides is 1. The van der Waals surface area contributed by atoms with Crippen LogP contribution in [0.25, 0.3) is 0 Å². The molecule has 2 aromatic rings. The van der Waals surface area contributed by atoms with E-state index in [2.05, 4.69) is 20.6 Å². The van der Waals surface area contributed by atoms with Gasteiger partial charge in [0.1, 0.15) is 11.8 Å². The van der Waals surface area contributed by atoms with Crippen LogP contribution in [0, 0.1) is 0 Å². The Hall–Kier alpha value is -1.99. The normalized spacial score (nSPS) is 16.7. The largest absolute Gasteiger partial charge is 0.497 e. The van der Waals surface area contributed by atoms with Gasteiger partial charge in [-0.15, -0.1) is 11.8 Å². The highest BCUT2D eigenvalue weighted by molar-refractivity contribution is 7.99. The minimum atomic E-state index is -0.351. The summed E-state index contributed by atoms with van der Waals surface area (Å²) in [7, 11) is 1.65. The number of aromatic amines is 1. The Morgan fingerprint density at radius 3 is 3.04 bits per heavy atom. The third-order valence-electron chi connectivity index (χ3n) is 3.74. The monoisotopic (exact) mass is 332 g/mol. The zero-order valence-electron chi connectivity index (χ0n) is 13.0. The van der Waals surface area contributed by atoms with Crippen LogP contribution in [0.5, 0.6) is 5.75 Å². The Morgan fingerprint density at radius 1 is 1.43 bits per heavy atom. The molecule has 7 heteroatoms. The number of nitrogens with zero attached hydrogens (tertiary/aromatic N) is 1. The summed E-state index contributed by atoms with van der Waals surface area (Å²) in [6.07, 6.45) is 2.53. The van der Waals surface area contributed by atoms with Gasteiger partial charge in [-0.2, -0.15) is 0 Å². The molecule has 3 rings (SSSR count). The van der Waals surface area contributed by atoms with Gasteiger partial charge >= 0.3 is 0 Å². The predicted octanol–water partition coefficient (Wildman–Crippen LogP) is 1.51. The Bertz CT molecular complexity index is 656. The molecule has 0 spiro atoms. The Kier molecular flexibility index (Phi) is 5.19. The zero-order chi connectivity index (χ0) is 16.1. The number of rotatable bonds is 6. The second-order valence-corrected chi connectivity index (χ2v) is 6.39. The van der Waals surface area contributed by atoms with Crippen LogP contribution in [-0.4, -0.2) is 41.8 Å². The van der Waals surface area contributed by atoms with E-state index in [1.165, 1.54) is 0 Å². The smallest absolute Gasteiger partial charge is 0.243 e. The van der Waals surface area contributed by atoms with Gasteiger partial charge in [-0.25, -0.2) is 4.98 Å². The van der Waals surface area contributed by atoms with E-state index in [4.69, 9.17) is 4.74 Å². The first-order valence-corrected chi connectivity index (χ1v) is 8.56. The molecule has 1 aromatic heterocycles. The molecule has 0 saturated carbocycles. The first kappa shape index (κ1) is 15.9.